The molecule has 62 valence electrons. The van der Waals surface area contributed by atoms with Crippen molar-refractivity contribution in [2.45, 2.75) is 0 Å². The Morgan fingerprint density at radius 1 is 1.58 bits per heavy atom. The Hall–Kier alpha value is -0.610. The molecule has 2 aromatic rings. The molecule has 0 fully saturated rings. The van der Waals surface area contributed by atoms with Crippen LogP contribution in [0.15, 0.2) is 27.5 Å². The van der Waals surface area contributed by atoms with Crippen LogP contribution in [0.4, 0.5) is 0 Å². The van der Waals surface area contributed by atoms with Crippen LogP contribution in [0.5, 0.6) is 0 Å². The van der Waals surface area contributed by atoms with Crippen molar-refractivity contribution in [3.63, 3.8) is 0 Å². The Balaban J connectivity index is 2.54. The number of hydrogen-bond donors (Lipinski definition) is 0. The maximum absolute atomic E-state index is 4.33. The van der Waals surface area contributed by atoms with Crippen molar-refractivity contribution >= 4 is 27.3 Å². The molecule has 4 heteroatoms. The summed E-state index contributed by atoms with van der Waals surface area (Å²) in [6.45, 7) is 0. The normalized spacial score (nSPS) is 10.5. The predicted molar refractivity (Wildman–Crippen MR) is 54.2 cm³/mol. The minimum atomic E-state index is 1.01. The first-order chi connectivity index (χ1) is 5.77. The third kappa shape index (κ3) is 1.32. The molecule has 2 nitrogen and oxygen atoms in total. The Morgan fingerprint density at radius 2 is 2.42 bits per heavy atom. The average molecular weight is 243 g/mol. The molecule has 0 aliphatic carbocycles. The van der Waals surface area contributed by atoms with Gasteiger partial charge in [0.15, 0.2) is 0 Å². The number of aryl methyl sites for hydroxylation is 1. The van der Waals surface area contributed by atoms with Gasteiger partial charge >= 0.3 is 0 Å². The smallest absolute Gasteiger partial charge is 0.107 e. The molecule has 0 radical (unpaired) electrons. The van der Waals surface area contributed by atoms with Crippen LogP contribution in [0.2, 0.25) is 0 Å². The lowest BCUT2D eigenvalue weighted by Crippen LogP contribution is -1.86. The zero-order valence-electron chi connectivity index (χ0n) is 6.49. The van der Waals surface area contributed by atoms with Gasteiger partial charge in [0, 0.05) is 24.2 Å². The summed E-state index contributed by atoms with van der Waals surface area (Å²) in [5, 5.41) is 8.47. The monoisotopic (exact) mass is 242 g/mol. The highest BCUT2D eigenvalue weighted by Gasteiger charge is 2.06. The molecular formula is C8H7BrN2S. The molecule has 0 spiro atoms. The van der Waals surface area contributed by atoms with Crippen LogP contribution in [0.1, 0.15) is 0 Å². The standard InChI is InChI=1S/C8H7BrN2S/c1-11-4-7(9)8(10-11)6-2-3-12-5-6/h2-5H,1H3. The van der Waals surface area contributed by atoms with Gasteiger partial charge in [-0.25, -0.2) is 0 Å². The van der Waals surface area contributed by atoms with Crippen molar-refractivity contribution in [1.29, 1.82) is 0 Å². The Labute approximate surface area is 83.0 Å². The number of halogens is 1. The minimum absolute atomic E-state index is 1.01. The molecule has 0 amide bonds. The quantitative estimate of drug-likeness (QED) is 0.752. The van der Waals surface area contributed by atoms with Crippen LogP contribution in [0.3, 0.4) is 0 Å². The summed E-state index contributed by atoms with van der Waals surface area (Å²) >= 11 is 5.14. The molecule has 0 aliphatic heterocycles. The van der Waals surface area contributed by atoms with Gasteiger partial charge in [0.2, 0.25) is 0 Å². The van der Waals surface area contributed by atoms with Gasteiger partial charge < -0.3 is 0 Å². The van der Waals surface area contributed by atoms with Crippen molar-refractivity contribution < 1.29 is 0 Å². The van der Waals surface area contributed by atoms with E-state index in [-0.39, 0.29) is 0 Å². The topological polar surface area (TPSA) is 17.8 Å². The van der Waals surface area contributed by atoms with Gasteiger partial charge in [0.25, 0.3) is 0 Å². The zero-order chi connectivity index (χ0) is 8.55. The number of aromatic nitrogens is 2. The van der Waals surface area contributed by atoms with Crippen LogP contribution in [-0.2, 0) is 7.05 Å². The van der Waals surface area contributed by atoms with Crippen molar-refractivity contribution in [2.24, 2.45) is 7.05 Å². The lowest BCUT2D eigenvalue weighted by molar-refractivity contribution is 0.770. The molecular weight excluding hydrogens is 236 g/mol. The van der Waals surface area contributed by atoms with Gasteiger partial charge in [-0.3, -0.25) is 4.68 Å². The third-order valence-corrected chi connectivity index (χ3v) is 2.84. The van der Waals surface area contributed by atoms with Gasteiger partial charge in [0.1, 0.15) is 5.69 Å². The molecule has 12 heavy (non-hydrogen) atoms. The molecule has 2 heterocycles. The molecule has 2 aromatic heterocycles. The fourth-order valence-corrected chi connectivity index (χ4v) is 2.30. The molecule has 0 unspecified atom stereocenters. The SMILES string of the molecule is Cn1cc(Br)c(-c2ccsc2)n1. The first-order valence-corrected chi connectivity index (χ1v) is 5.22. The molecule has 0 N–H and O–H groups in total. The summed E-state index contributed by atoms with van der Waals surface area (Å²) in [5.74, 6) is 0. The lowest BCUT2D eigenvalue weighted by atomic mass is 10.2. The molecule has 0 saturated carbocycles. The van der Waals surface area contributed by atoms with Crippen LogP contribution in [-0.4, -0.2) is 9.78 Å². The van der Waals surface area contributed by atoms with Gasteiger partial charge in [-0.15, -0.1) is 0 Å². The number of rotatable bonds is 1. The molecule has 2 rings (SSSR count). The lowest BCUT2D eigenvalue weighted by Gasteiger charge is -1.89. The van der Waals surface area contributed by atoms with Crippen LogP contribution in [0, 0.1) is 0 Å². The van der Waals surface area contributed by atoms with E-state index in [4.69, 9.17) is 0 Å². The van der Waals surface area contributed by atoms with Crippen LogP contribution < -0.4 is 0 Å². The van der Waals surface area contributed by atoms with Crippen molar-refractivity contribution in [2.75, 3.05) is 0 Å². The highest BCUT2D eigenvalue weighted by Crippen LogP contribution is 2.27. The van der Waals surface area contributed by atoms with E-state index in [1.807, 2.05) is 13.2 Å². The summed E-state index contributed by atoms with van der Waals surface area (Å²) in [6, 6.07) is 2.07. The van der Waals surface area contributed by atoms with Gasteiger partial charge in [-0.05, 0) is 27.4 Å². The number of nitrogens with zero attached hydrogens (tertiary/aromatic N) is 2. The van der Waals surface area contributed by atoms with Crippen molar-refractivity contribution in [3.8, 4) is 11.3 Å². The molecule has 0 bridgehead atoms. The fraction of sp³-hybridized carbons (Fsp3) is 0.125. The summed E-state index contributed by atoms with van der Waals surface area (Å²) in [6.07, 6.45) is 1.95. The van der Waals surface area contributed by atoms with Gasteiger partial charge in [-0.2, -0.15) is 16.4 Å². The Morgan fingerprint density at radius 3 is 2.92 bits per heavy atom. The van der Waals surface area contributed by atoms with Crippen LogP contribution in [0.25, 0.3) is 11.3 Å². The van der Waals surface area contributed by atoms with E-state index < -0.39 is 0 Å². The van der Waals surface area contributed by atoms with E-state index in [9.17, 15) is 0 Å². The number of thiophene rings is 1. The van der Waals surface area contributed by atoms with E-state index in [2.05, 4.69) is 37.9 Å². The number of hydrogen-bond acceptors (Lipinski definition) is 2. The summed E-state index contributed by atoms with van der Waals surface area (Å²) in [5.41, 5.74) is 2.19. The highest BCUT2D eigenvalue weighted by atomic mass is 79.9. The van der Waals surface area contributed by atoms with E-state index in [1.165, 1.54) is 5.56 Å². The average Bonchev–Trinajstić information content (AvgIpc) is 2.58. The van der Waals surface area contributed by atoms with E-state index >= 15 is 0 Å². The molecule has 0 saturated heterocycles. The second-order valence-electron chi connectivity index (χ2n) is 2.51. The predicted octanol–water partition coefficient (Wildman–Crippen LogP) is 2.91. The zero-order valence-corrected chi connectivity index (χ0v) is 8.89. The molecule has 0 aliphatic rings. The van der Waals surface area contributed by atoms with E-state index in [1.54, 1.807) is 16.0 Å². The summed E-state index contributed by atoms with van der Waals surface area (Å²) in [7, 11) is 1.92. The van der Waals surface area contributed by atoms with Crippen LogP contribution >= 0.6 is 27.3 Å². The second-order valence-corrected chi connectivity index (χ2v) is 4.15. The highest BCUT2D eigenvalue weighted by molar-refractivity contribution is 9.10. The fourth-order valence-electron chi connectivity index (χ4n) is 1.05. The third-order valence-electron chi connectivity index (χ3n) is 1.58. The maximum atomic E-state index is 4.33. The van der Waals surface area contributed by atoms with Crippen molar-refractivity contribution in [1.82, 2.24) is 9.78 Å². The van der Waals surface area contributed by atoms with E-state index in [0.29, 0.717) is 0 Å². The van der Waals surface area contributed by atoms with E-state index in [0.717, 1.165) is 10.2 Å². The molecule has 0 atom stereocenters. The first kappa shape index (κ1) is 8.01. The minimum Gasteiger partial charge on any atom is -0.274 e. The first-order valence-electron chi connectivity index (χ1n) is 3.49. The Bertz CT molecular complexity index is 378. The second kappa shape index (κ2) is 3.03. The van der Waals surface area contributed by atoms with Gasteiger partial charge in [-0.1, -0.05) is 0 Å². The Kier molecular flexibility index (Phi) is 2.02. The van der Waals surface area contributed by atoms with Gasteiger partial charge in [0.05, 0.1) is 4.47 Å². The summed E-state index contributed by atoms with van der Waals surface area (Å²) < 4.78 is 2.85. The molecule has 0 aromatic carbocycles. The maximum Gasteiger partial charge on any atom is 0.107 e. The largest absolute Gasteiger partial charge is 0.274 e. The van der Waals surface area contributed by atoms with Crippen molar-refractivity contribution in [3.05, 3.63) is 27.5 Å². The summed E-state index contributed by atoms with van der Waals surface area (Å²) in [4.78, 5) is 0.